The molecule has 3 amide bonds. The maximum absolute atomic E-state index is 12.2. The second kappa shape index (κ2) is 8.75. The van der Waals surface area contributed by atoms with Gasteiger partial charge in [-0.05, 0) is 42.8 Å². The van der Waals surface area contributed by atoms with Gasteiger partial charge in [-0.1, -0.05) is 6.07 Å². The molecule has 3 N–H and O–H groups in total. The normalized spacial score (nSPS) is 10.0. The molecule has 7 nitrogen and oxygen atoms in total. The highest BCUT2D eigenvalue weighted by Crippen LogP contribution is 2.24. The molecule has 0 unspecified atom stereocenters. The van der Waals surface area contributed by atoms with Crippen molar-refractivity contribution in [1.29, 1.82) is 0 Å². The quantitative estimate of drug-likeness (QED) is 0.740. The summed E-state index contributed by atoms with van der Waals surface area (Å²) in [6, 6.07) is 10.3. The zero-order valence-electron chi connectivity index (χ0n) is 15.3. The highest BCUT2D eigenvalue weighted by molar-refractivity contribution is 5.93. The number of carbonyl (C=O) groups excluding carboxylic acids is 2. The van der Waals surface area contributed by atoms with E-state index in [0.717, 1.165) is 11.1 Å². The molecule has 26 heavy (non-hydrogen) atoms. The van der Waals surface area contributed by atoms with E-state index in [4.69, 9.17) is 9.47 Å². The van der Waals surface area contributed by atoms with E-state index in [1.165, 1.54) is 6.92 Å². The average Bonchev–Trinajstić information content (AvgIpc) is 2.62. The standard InChI is InChI=1S/C19H23N3O4/c1-12-5-6-15(21-13(2)23)10-17(12)22-19(24)20-11-14-9-16(25-3)7-8-18(14)26-4/h5-10H,11H2,1-4H3,(H,21,23)(H2,20,22,24). The lowest BCUT2D eigenvalue weighted by molar-refractivity contribution is -0.114. The molecule has 0 radical (unpaired) electrons. The first-order chi connectivity index (χ1) is 12.4. The Kier molecular flexibility index (Phi) is 6.43. The molecule has 7 heteroatoms. The minimum Gasteiger partial charge on any atom is -0.497 e. The van der Waals surface area contributed by atoms with Crippen LogP contribution in [0.5, 0.6) is 11.5 Å². The van der Waals surface area contributed by atoms with Crippen molar-refractivity contribution < 1.29 is 19.1 Å². The first kappa shape index (κ1) is 19.1. The third kappa shape index (κ3) is 5.14. The molecule has 0 aromatic heterocycles. The average molecular weight is 357 g/mol. The summed E-state index contributed by atoms with van der Waals surface area (Å²) in [6.07, 6.45) is 0. The summed E-state index contributed by atoms with van der Waals surface area (Å²) in [5.74, 6) is 1.17. The van der Waals surface area contributed by atoms with E-state index in [9.17, 15) is 9.59 Å². The van der Waals surface area contributed by atoms with Crippen molar-refractivity contribution in [3.8, 4) is 11.5 Å². The van der Waals surface area contributed by atoms with Gasteiger partial charge in [0.2, 0.25) is 5.91 Å². The number of nitrogens with one attached hydrogen (secondary N) is 3. The van der Waals surface area contributed by atoms with Crippen LogP contribution in [-0.2, 0) is 11.3 Å². The van der Waals surface area contributed by atoms with Crippen LogP contribution in [0.1, 0.15) is 18.1 Å². The molecule has 0 aliphatic carbocycles. The van der Waals surface area contributed by atoms with Crippen molar-refractivity contribution in [2.24, 2.45) is 0 Å². The maximum atomic E-state index is 12.2. The molecule has 2 aromatic carbocycles. The molecule has 0 aliphatic rings. The van der Waals surface area contributed by atoms with Crippen LogP contribution in [0, 0.1) is 6.92 Å². The molecule has 2 aromatic rings. The molecule has 0 saturated carbocycles. The summed E-state index contributed by atoms with van der Waals surface area (Å²) in [5, 5.41) is 8.26. The van der Waals surface area contributed by atoms with Gasteiger partial charge in [0.15, 0.2) is 0 Å². The molecular weight excluding hydrogens is 334 g/mol. The SMILES string of the molecule is COc1ccc(OC)c(CNC(=O)Nc2cc(NC(C)=O)ccc2C)c1. The molecule has 0 heterocycles. The van der Waals surface area contributed by atoms with Crippen LogP contribution in [0.25, 0.3) is 0 Å². The van der Waals surface area contributed by atoms with Gasteiger partial charge in [0.1, 0.15) is 11.5 Å². The lowest BCUT2D eigenvalue weighted by atomic mass is 10.1. The highest BCUT2D eigenvalue weighted by Gasteiger charge is 2.09. The van der Waals surface area contributed by atoms with Gasteiger partial charge < -0.3 is 25.4 Å². The Bertz CT molecular complexity index is 805. The van der Waals surface area contributed by atoms with Crippen molar-refractivity contribution in [3.63, 3.8) is 0 Å². The zero-order chi connectivity index (χ0) is 19.1. The smallest absolute Gasteiger partial charge is 0.319 e. The number of urea groups is 1. The molecule has 0 fully saturated rings. The van der Waals surface area contributed by atoms with E-state index in [0.29, 0.717) is 22.9 Å². The minimum absolute atomic E-state index is 0.172. The van der Waals surface area contributed by atoms with Crippen LogP contribution in [-0.4, -0.2) is 26.2 Å². The molecular formula is C19H23N3O4. The summed E-state index contributed by atoms with van der Waals surface area (Å²) < 4.78 is 10.5. The number of aryl methyl sites for hydroxylation is 1. The number of methoxy groups -OCH3 is 2. The molecule has 138 valence electrons. The fraction of sp³-hybridized carbons (Fsp3) is 0.263. The van der Waals surface area contributed by atoms with Crippen molar-refractivity contribution in [2.45, 2.75) is 20.4 Å². The van der Waals surface area contributed by atoms with Gasteiger partial charge >= 0.3 is 6.03 Å². The van der Waals surface area contributed by atoms with Gasteiger partial charge in [-0.3, -0.25) is 4.79 Å². The van der Waals surface area contributed by atoms with Crippen LogP contribution in [0.3, 0.4) is 0 Å². The number of anilines is 2. The molecule has 0 spiro atoms. The van der Waals surface area contributed by atoms with Crippen LogP contribution in [0.4, 0.5) is 16.2 Å². The predicted octanol–water partition coefficient (Wildman–Crippen LogP) is 3.29. The maximum Gasteiger partial charge on any atom is 0.319 e. The fourth-order valence-electron chi connectivity index (χ4n) is 2.40. The largest absolute Gasteiger partial charge is 0.497 e. The number of hydrogen-bond acceptors (Lipinski definition) is 4. The first-order valence-corrected chi connectivity index (χ1v) is 8.07. The van der Waals surface area contributed by atoms with E-state index in [2.05, 4.69) is 16.0 Å². The summed E-state index contributed by atoms with van der Waals surface area (Å²) in [5.41, 5.74) is 2.91. The van der Waals surface area contributed by atoms with E-state index < -0.39 is 0 Å². The third-order valence-corrected chi connectivity index (χ3v) is 3.73. The lowest BCUT2D eigenvalue weighted by Gasteiger charge is -2.14. The molecule has 0 atom stereocenters. The van der Waals surface area contributed by atoms with Crippen LogP contribution in [0.15, 0.2) is 36.4 Å². The van der Waals surface area contributed by atoms with E-state index in [-0.39, 0.29) is 18.5 Å². The summed E-state index contributed by atoms with van der Waals surface area (Å²) in [7, 11) is 3.15. The molecule has 0 aliphatic heterocycles. The topological polar surface area (TPSA) is 88.7 Å². The number of ether oxygens (including phenoxy) is 2. The van der Waals surface area contributed by atoms with Gasteiger partial charge in [0.05, 0.1) is 14.2 Å². The van der Waals surface area contributed by atoms with E-state index in [1.54, 1.807) is 38.5 Å². The minimum atomic E-state index is -0.363. The number of benzene rings is 2. The summed E-state index contributed by atoms with van der Waals surface area (Å²) in [4.78, 5) is 23.4. The zero-order valence-corrected chi connectivity index (χ0v) is 15.3. The summed E-state index contributed by atoms with van der Waals surface area (Å²) in [6.45, 7) is 3.58. The summed E-state index contributed by atoms with van der Waals surface area (Å²) >= 11 is 0. The van der Waals surface area contributed by atoms with Crippen molar-refractivity contribution >= 4 is 23.3 Å². The number of hydrogen-bond donors (Lipinski definition) is 3. The van der Waals surface area contributed by atoms with E-state index in [1.807, 2.05) is 19.1 Å². The third-order valence-electron chi connectivity index (χ3n) is 3.73. The second-order valence-corrected chi connectivity index (χ2v) is 5.70. The van der Waals surface area contributed by atoms with Gasteiger partial charge in [-0.2, -0.15) is 0 Å². The van der Waals surface area contributed by atoms with Crippen molar-refractivity contribution in [3.05, 3.63) is 47.5 Å². The number of amides is 3. The van der Waals surface area contributed by atoms with Gasteiger partial charge in [-0.15, -0.1) is 0 Å². The number of carbonyl (C=O) groups is 2. The Hall–Kier alpha value is -3.22. The molecule has 2 rings (SSSR count). The predicted molar refractivity (Wildman–Crippen MR) is 101 cm³/mol. The van der Waals surface area contributed by atoms with E-state index >= 15 is 0 Å². The van der Waals surface area contributed by atoms with Crippen molar-refractivity contribution in [1.82, 2.24) is 5.32 Å². The Balaban J connectivity index is 2.04. The molecule has 0 saturated heterocycles. The van der Waals surface area contributed by atoms with Gasteiger partial charge in [0.25, 0.3) is 0 Å². The van der Waals surface area contributed by atoms with Crippen LogP contribution in [0.2, 0.25) is 0 Å². The Morgan fingerprint density at radius 2 is 1.77 bits per heavy atom. The Morgan fingerprint density at radius 3 is 2.42 bits per heavy atom. The highest BCUT2D eigenvalue weighted by atomic mass is 16.5. The van der Waals surface area contributed by atoms with Crippen molar-refractivity contribution in [2.75, 3.05) is 24.9 Å². The van der Waals surface area contributed by atoms with Crippen LogP contribution >= 0.6 is 0 Å². The Morgan fingerprint density at radius 1 is 1.00 bits per heavy atom. The lowest BCUT2D eigenvalue weighted by Crippen LogP contribution is -2.28. The monoisotopic (exact) mass is 357 g/mol. The second-order valence-electron chi connectivity index (χ2n) is 5.70. The fourth-order valence-corrected chi connectivity index (χ4v) is 2.40. The van der Waals surface area contributed by atoms with Crippen LogP contribution < -0.4 is 25.4 Å². The Labute approximate surface area is 152 Å². The van der Waals surface area contributed by atoms with Gasteiger partial charge in [0, 0.05) is 30.4 Å². The van der Waals surface area contributed by atoms with Gasteiger partial charge in [-0.25, -0.2) is 4.79 Å². The molecule has 0 bridgehead atoms. The first-order valence-electron chi connectivity index (χ1n) is 8.07. The number of rotatable bonds is 6.